The zero-order valence-electron chi connectivity index (χ0n) is 22.5. The third-order valence-corrected chi connectivity index (χ3v) is 8.71. The van der Waals surface area contributed by atoms with Crippen molar-refractivity contribution in [1.29, 1.82) is 0 Å². The summed E-state index contributed by atoms with van der Waals surface area (Å²) in [6.45, 7) is 17.0. The smallest absolute Gasteiger partial charge is 0.250 e. The number of hydrogen-bond acceptors (Lipinski definition) is 4. The monoisotopic (exact) mass is 480 g/mol. The summed E-state index contributed by atoms with van der Waals surface area (Å²) in [6.07, 6.45) is 2.66. The molecule has 1 aromatic heterocycles. The Labute approximate surface area is 211 Å². The molecule has 0 radical (unpaired) electrons. The number of hydrogen-bond donors (Lipinski definition) is 1. The lowest BCUT2D eigenvalue weighted by Crippen LogP contribution is -2.49. The third-order valence-electron chi connectivity index (χ3n) is 8.71. The van der Waals surface area contributed by atoms with Crippen LogP contribution in [-0.4, -0.2) is 46.9 Å². The van der Waals surface area contributed by atoms with E-state index in [2.05, 4.69) is 70.7 Å². The number of rotatable bonds is 9. The standard InChI is InChI=1S/C30H44N2O3/c1-7-29(3,4)23-12-13-27(25(15-23)30(5,6)8-2)35-20-24(33)19-31-16-21-14-22(18-31)26-10-9-11-28(34)32(26)17-21/h9-13,15,21-22,24,33H,7-8,14,16-20H2,1-6H3/t21-,22+,24+/m0/s1. The number of pyridine rings is 1. The van der Waals surface area contributed by atoms with Gasteiger partial charge < -0.3 is 14.4 Å². The molecular weight excluding hydrogens is 436 g/mol. The topological polar surface area (TPSA) is 54.7 Å². The highest BCUT2D eigenvalue weighted by atomic mass is 16.5. The number of benzene rings is 1. The molecule has 1 fully saturated rings. The molecule has 2 aliphatic rings. The van der Waals surface area contributed by atoms with Crippen molar-refractivity contribution >= 4 is 0 Å². The minimum atomic E-state index is -0.559. The van der Waals surface area contributed by atoms with Crippen LogP contribution in [0.3, 0.4) is 0 Å². The van der Waals surface area contributed by atoms with Crippen LogP contribution in [0.25, 0.3) is 0 Å². The van der Waals surface area contributed by atoms with E-state index in [-0.39, 0.29) is 23.0 Å². The first-order valence-electron chi connectivity index (χ1n) is 13.4. The van der Waals surface area contributed by atoms with Crippen LogP contribution in [0.4, 0.5) is 0 Å². The number of likely N-dealkylation sites (tertiary alicyclic amines) is 1. The van der Waals surface area contributed by atoms with E-state index in [1.165, 1.54) is 11.1 Å². The maximum atomic E-state index is 12.3. The lowest BCUT2D eigenvalue weighted by molar-refractivity contribution is 0.0380. The van der Waals surface area contributed by atoms with E-state index in [0.29, 0.717) is 18.4 Å². The summed E-state index contributed by atoms with van der Waals surface area (Å²) in [5, 5.41) is 10.9. The van der Waals surface area contributed by atoms with Gasteiger partial charge in [-0.3, -0.25) is 9.69 Å². The molecule has 3 atom stereocenters. The van der Waals surface area contributed by atoms with E-state index in [4.69, 9.17) is 4.74 Å². The fourth-order valence-electron chi connectivity index (χ4n) is 5.68. The number of piperidine rings is 1. The predicted molar refractivity (Wildman–Crippen MR) is 143 cm³/mol. The van der Waals surface area contributed by atoms with Gasteiger partial charge in [0.1, 0.15) is 18.5 Å². The second-order valence-electron chi connectivity index (χ2n) is 12.1. The van der Waals surface area contributed by atoms with E-state index < -0.39 is 6.10 Å². The van der Waals surface area contributed by atoms with E-state index in [9.17, 15) is 9.90 Å². The van der Waals surface area contributed by atoms with Gasteiger partial charge in [-0.15, -0.1) is 0 Å². The minimum absolute atomic E-state index is 0.00406. The van der Waals surface area contributed by atoms with Gasteiger partial charge in [-0.2, -0.15) is 0 Å². The van der Waals surface area contributed by atoms with Crippen LogP contribution < -0.4 is 10.3 Å². The molecule has 2 bridgehead atoms. The van der Waals surface area contributed by atoms with Gasteiger partial charge in [0.15, 0.2) is 0 Å². The molecule has 0 saturated carbocycles. The van der Waals surface area contributed by atoms with Gasteiger partial charge in [0, 0.05) is 49.4 Å². The molecule has 0 amide bonds. The summed E-state index contributed by atoms with van der Waals surface area (Å²) in [7, 11) is 0. The summed E-state index contributed by atoms with van der Waals surface area (Å²) in [5.74, 6) is 1.70. The fourth-order valence-corrected chi connectivity index (χ4v) is 5.68. The maximum absolute atomic E-state index is 12.3. The largest absolute Gasteiger partial charge is 0.491 e. The van der Waals surface area contributed by atoms with Crippen LogP contribution in [0, 0.1) is 5.92 Å². The highest BCUT2D eigenvalue weighted by Gasteiger charge is 2.35. The SMILES string of the molecule is CCC(C)(C)c1ccc(OC[C@H](O)CN2C[C@@H]3C[C@H](C2)c2cccc(=O)n2C3)c(C(C)(C)CC)c1. The van der Waals surface area contributed by atoms with Crippen molar-refractivity contribution < 1.29 is 9.84 Å². The number of nitrogens with zero attached hydrogens (tertiary/aromatic N) is 2. The van der Waals surface area contributed by atoms with Crippen molar-refractivity contribution in [3.05, 3.63) is 63.6 Å². The maximum Gasteiger partial charge on any atom is 0.250 e. The van der Waals surface area contributed by atoms with E-state index >= 15 is 0 Å². The molecule has 5 heteroatoms. The molecule has 2 aliphatic heterocycles. The summed E-state index contributed by atoms with van der Waals surface area (Å²) in [6, 6.07) is 12.2. The van der Waals surface area contributed by atoms with Crippen LogP contribution in [0.2, 0.25) is 0 Å². The van der Waals surface area contributed by atoms with Crippen molar-refractivity contribution in [1.82, 2.24) is 9.47 Å². The summed E-state index contributed by atoms with van der Waals surface area (Å²) in [5.41, 5.74) is 3.93. The number of β-amino-alcohol motifs (C(OH)–C–C–N with tert-alkyl or cyclic N) is 1. The zero-order chi connectivity index (χ0) is 25.4. The van der Waals surface area contributed by atoms with Crippen molar-refractivity contribution in [2.75, 3.05) is 26.2 Å². The van der Waals surface area contributed by atoms with Gasteiger partial charge in [0.05, 0.1) is 0 Å². The second-order valence-corrected chi connectivity index (χ2v) is 12.1. The average molecular weight is 481 g/mol. The molecule has 0 spiro atoms. The Morgan fingerprint density at radius 3 is 2.49 bits per heavy atom. The van der Waals surface area contributed by atoms with E-state index in [1.54, 1.807) is 6.07 Å². The molecular formula is C30H44N2O3. The molecule has 0 unspecified atom stereocenters. The molecule has 3 heterocycles. The van der Waals surface area contributed by atoms with Crippen molar-refractivity contribution in [2.24, 2.45) is 5.92 Å². The number of aliphatic hydroxyl groups is 1. The Kier molecular flexibility index (Phi) is 7.49. The normalized spacial score (nSPS) is 21.5. The number of ether oxygens (including phenoxy) is 1. The Morgan fingerprint density at radius 1 is 1.03 bits per heavy atom. The van der Waals surface area contributed by atoms with Gasteiger partial charge in [0.25, 0.3) is 5.56 Å². The Hall–Kier alpha value is -2.11. The molecule has 35 heavy (non-hydrogen) atoms. The molecule has 5 nitrogen and oxygen atoms in total. The minimum Gasteiger partial charge on any atom is -0.491 e. The fraction of sp³-hybridized carbons (Fsp3) is 0.633. The lowest BCUT2D eigenvalue weighted by atomic mass is 9.76. The average Bonchev–Trinajstić information content (AvgIpc) is 2.83. The summed E-state index contributed by atoms with van der Waals surface area (Å²) < 4.78 is 8.23. The van der Waals surface area contributed by atoms with Crippen LogP contribution >= 0.6 is 0 Å². The highest BCUT2D eigenvalue weighted by molar-refractivity contribution is 5.44. The molecule has 0 aliphatic carbocycles. The third kappa shape index (κ3) is 5.51. The lowest BCUT2D eigenvalue weighted by Gasteiger charge is -2.43. The van der Waals surface area contributed by atoms with Crippen LogP contribution in [0.15, 0.2) is 41.2 Å². The van der Waals surface area contributed by atoms with E-state index in [0.717, 1.165) is 50.3 Å². The first kappa shape index (κ1) is 26.0. The van der Waals surface area contributed by atoms with Crippen molar-refractivity contribution in [2.45, 2.75) is 90.2 Å². The number of fused-ring (bicyclic) bond motifs is 4. The van der Waals surface area contributed by atoms with Crippen molar-refractivity contribution in [3.8, 4) is 5.75 Å². The quantitative estimate of drug-likeness (QED) is 0.544. The molecule has 2 aromatic rings. The first-order chi connectivity index (χ1) is 16.5. The van der Waals surface area contributed by atoms with Crippen molar-refractivity contribution in [3.63, 3.8) is 0 Å². The first-order valence-corrected chi connectivity index (χ1v) is 13.4. The Balaban J connectivity index is 1.43. The molecule has 1 N–H and O–H groups in total. The Morgan fingerprint density at radius 2 is 1.77 bits per heavy atom. The molecule has 4 rings (SSSR count). The highest BCUT2D eigenvalue weighted by Crippen LogP contribution is 2.39. The number of aliphatic hydroxyl groups excluding tert-OH is 1. The van der Waals surface area contributed by atoms with Crippen LogP contribution in [0.1, 0.15) is 83.5 Å². The Bertz CT molecular complexity index is 1090. The second kappa shape index (κ2) is 10.1. The zero-order valence-corrected chi connectivity index (χ0v) is 22.5. The number of aromatic nitrogens is 1. The molecule has 1 aromatic carbocycles. The van der Waals surface area contributed by atoms with Crippen LogP contribution in [-0.2, 0) is 17.4 Å². The van der Waals surface area contributed by atoms with Gasteiger partial charge in [-0.05, 0) is 53.7 Å². The van der Waals surface area contributed by atoms with Gasteiger partial charge in [0.2, 0.25) is 0 Å². The van der Waals surface area contributed by atoms with Gasteiger partial charge in [-0.25, -0.2) is 0 Å². The molecule has 1 saturated heterocycles. The summed E-state index contributed by atoms with van der Waals surface area (Å²) >= 11 is 0. The molecule has 192 valence electrons. The van der Waals surface area contributed by atoms with Gasteiger partial charge >= 0.3 is 0 Å². The van der Waals surface area contributed by atoms with E-state index in [1.807, 2.05) is 10.6 Å². The van der Waals surface area contributed by atoms with Crippen LogP contribution in [0.5, 0.6) is 5.75 Å². The summed E-state index contributed by atoms with van der Waals surface area (Å²) in [4.78, 5) is 14.6. The van der Waals surface area contributed by atoms with Gasteiger partial charge in [-0.1, -0.05) is 59.7 Å². The predicted octanol–water partition coefficient (Wildman–Crippen LogP) is 5.08.